The Morgan fingerprint density at radius 3 is 2.52 bits per heavy atom. The van der Waals surface area contributed by atoms with E-state index in [0.29, 0.717) is 6.04 Å². The minimum Gasteiger partial charge on any atom is -0.308 e. The second-order valence-corrected chi connectivity index (χ2v) is 7.15. The minimum absolute atomic E-state index is 0.101. The highest BCUT2D eigenvalue weighted by Gasteiger charge is 2.37. The molecule has 0 saturated carbocycles. The lowest BCUT2D eigenvalue weighted by Gasteiger charge is -2.43. The maximum atomic E-state index is 6.36. The van der Waals surface area contributed by atoms with Crippen LogP contribution in [0, 0.1) is 6.92 Å². The number of hydrogen-bond donors (Lipinski definition) is 1. The number of rotatable bonds is 6. The molecule has 1 heterocycles. The Morgan fingerprint density at radius 2 is 1.95 bits per heavy atom. The Labute approximate surface area is 134 Å². The first-order valence-electron chi connectivity index (χ1n) is 8.21. The molecule has 1 saturated heterocycles. The van der Waals surface area contributed by atoms with Gasteiger partial charge in [0.15, 0.2) is 0 Å². The molecular weight excluding hydrogens is 280 g/mol. The predicted molar refractivity (Wildman–Crippen MR) is 92.1 cm³/mol. The van der Waals surface area contributed by atoms with Crippen molar-refractivity contribution in [3.63, 3.8) is 0 Å². The summed E-state index contributed by atoms with van der Waals surface area (Å²) >= 11 is 6.36. The van der Waals surface area contributed by atoms with Crippen molar-refractivity contribution in [2.75, 3.05) is 19.6 Å². The van der Waals surface area contributed by atoms with E-state index < -0.39 is 0 Å². The first-order chi connectivity index (χ1) is 9.96. The highest BCUT2D eigenvalue weighted by atomic mass is 35.5. The number of halogens is 1. The highest BCUT2D eigenvalue weighted by molar-refractivity contribution is 6.31. The first kappa shape index (κ1) is 16.8. The van der Waals surface area contributed by atoms with E-state index in [9.17, 15) is 0 Å². The maximum absolute atomic E-state index is 6.36. The zero-order chi connectivity index (χ0) is 15.5. The van der Waals surface area contributed by atoms with E-state index in [1.807, 2.05) is 0 Å². The first-order valence-corrected chi connectivity index (χ1v) is 8.59. The van der Waals surface area contributed by atoms with Gasteiger partial charge in [0.1, 0.15) is 0 Å². The van der Waals surface area contributed by atoms with Gasteiger partial charge in [-0.05, 0) is 76.9 Å². The molecule has 2 nitrogen and oxygen atoms in total. The molecule has 1 aromatic rings. The molecule has 1 N–H and O–H groups in total. The molecule has 0 spiro atoms. The fourth-order valence-electron chi connectivity index (χ4n) is 3.33. The van der Waals surface area contributed by atoms with Gasteiger partial charge in [0.05, 0.1) is 6.04 Å². The van der Waals surface area contributed by atoms with E-state index in [1.54, 1.807) is 0 Å². The summed E-state index contributed by atoms with van der Waals surface area (Å²) in [6.07, 6.45) is 3.78. The number of nitrogens with zero attached hydrogens (tertiary/aromatic N) is 1. The van der Waals surface area contributed by atoms with Crippen LogP contribution in [0.1, 0.15) is 57.2 Å². The molecule has 2 rings (SSSR count). The number of likely N-dealkylation sites (tertiary alicyclic amines) is 1. The molecule has 1 atom stereocenters. The second kappa shape index (κ2) is 7.13. The number of hydrogen-bond acceptors (Lipinski definition) is 2. The minimum atomic E-state index is 0.101. The van der Waals surface area contributed by atoms with E-state index >= 15 is 0 Å². The van der Waals surface area contributed by atoms with Gasteiger partial charge >= 0.3 is 0 Å². The Morgan fingerprint density at radius 1 is 1.29 bits per heavy atom. The van der Waals surface area contributed by atoms with Crippen LogP contribution in [0.15, 0.2) is 18.2 Å². The molecule has 3 heteroatoms. The van der Waals surface area contributed by atoms with Gasteiger partial charge in [0, 0.05) is 10.6 Å². The van der Waals surface area contributed by atoms with Crippen LogP contribution >= 0.6 is 11.6 Å². The number of nitrogens with one attached hydrogen (secondary N) is 1. The average molecular weight is 309 g/mol. The van der Waals surface area contributed by atoms with Crippen LogP contribution in [-0.2, 0) is 0 Å². The summed E-state index contributed by atoms with van der Waals surface area (Å²) in [5.74, 6) is 0. The second-order valence-electron chi connectivity index (χ2n) is 6.74. The molecule has 21 heavy (non-hydrogen) atoms. The Kier molecular flexibility index (Phi) is 5.70. The molecule has 0 amide bonds. The standard InChI is InChI=1S/C18H29ClN2/c1-5-10-20-17(15-9-8-14(2)16(19)13-15)18(3,4)21-11-6-7-12-21/h8-9,13,17,20H,5-7,10-12H2,1-4H3. The van der Waals surface area contributed by atoms with Gasteiger partial charge in [-0.25, -0.2) is 0 Å². The van der Waals surface area contributed by atoms with Gasteiger partial charge in [-0.1, -0.05) is 30.7 Å². The lowest BCUT2D eigenvalue weighted by atomic mass is 9.86. The van der Waals surface area contributed by atoms with Crippen molar-refractivity contribution in [3.05, 3.63) is 34.3 Å². The number of aryl methyl sites for hydroxylation is 1. The van der Waals surface area contributed by atoms with Crippen LogP contribution in [0.5, 0.6) is 0 Å². The van der Waals surface area contributed by atoms with Crippen LogP contribution in [0.4, 0.5) is 0 Å². The van der Waals surface area contributed by atoms with E-state index in [4.69, 9.17) is 11.6 Å². The monoisotopic (exact) mass is 308 g/mol. The molecule has 1 unspecified atom stereocenters. The van der Waals surface area contributed by atoms with Crippen LogP contribution in [-0.4, -0.2) is 30.1 Å². The van der Waals surface area contributed by atoms with Crippen molar-refractivity contribution in [2.24, 2.45) is 0 Å². The van der Waals surface area contributed by atoms with Gasteiger partial charge in [0.25, 0.3) is 0 Å². The molecule has 1 aliphatic heterocycles. The SMILES string of the molecule is CCCNC(c1ccc(C)c(Cl)c1)C(C)(C)N1CCCC1. The fourth-order valence-corrected chi connectivity index (χ4v) is 3.52. The van der Waals surface area contributed by atoms with Crippen molar-refractivity contribution in [3.8, 4) is 0 Å². The largest absolute Gasteiger partial charge is 0.308 e. The summed E-state index contributed by atoms with van der Waals surface area (Å²) in [5.41, 5.74) is 2.55. The Bertz CT molecular complexity index is 464. The zero-order valence-corrected chi connectivity index (χ0v) is 14.6. The van der Waals surface area contributed by atoms with Crippen LogP contribution in [0.25, 0.3) is 0 Å². The van der Waals surface area contributed by atoms with Gasteiger partial charge in [-0.15, -0.1) is 0 Å². The maximum Gasteiger partial charge on any atom is 0.0502 e. The van der Waals surface area contributed by atoms with Crippen molar-refractivity contribution >= 4 is 11.6 Å². The van der Waals surface area contributed by atoms with E-state index in [-0.39, 0.29) is 5.54 Å². The lowest BCUT2D eigenvalue weighted by molar-refractivity contribution is 0.107. The summed E-state index contributed by atoms with van der Waals surface area (Å²) < 4.78 is 0. The van der Waals surface area contributed by atoms with Gasteiger partial charge in [0.2, 0.25) is 0 Å². The molecule has 1 aliphatic rings. The van der Waals surface area contributed by atoms with Gasteiger partial charge < -0.3 is 5.32 Å². The summed E-state index contributed by atoms with van der Waals surface area (Å²) in [4.78, 5) is 2.62. The van der Waals surface area contributed by atoms with Gasteiger partial charge in [-0.3, -0.25) is 4.90 Å². The highest BCUT2D eigenvalue weighted by Crippen LogP contribution is 2.35. The van der Waals surface area contributed by atoms with Crippen molar-refractivity contribution in [1.29, 1.82) is 0 Å². The third-order valence-electron chi connectivity index (χ3n) is 4.76. The van der Waals surface area contributed by atoms with Crippen molar-refractivity contribution in [2.45, 2.75) is 58.5 Å². The van der Waals surface area contributed by atoms with Crippen molar-refractivity contribution in [1.82, 2.24) is 10.2 Å². The molecule has 0 aromatic heterocycles. The molecule has 0 radical (unpaired) electrons. The molecule has 1 aromatic carbocycles. The van der Waals surface area contributed by atoms with E-state index in [2.05, 4.69) is 56.1 Å². The molecule has 0 aliphatic carbocycles. The summed E-state index contributed by atoms with van der Waals surface area (Å²) in [6.45, 7) is 12.4. The van der Waals surface area contributed by atoms with Crippen LogP contribution < -0.4 is 5.32 Å². The van der Waals surface area contributed by atoms with Crippen LogP contribution in [0.2, 0.25) is 5.02 Å². The number of benzene rings is 1. The fraction of sp³-hybridized carbons (Fsp3) is 0.667. The predicted octanol–water partition coefficient (Wildman–Crippen LogP) is 4.56. The van der Waals surface area contributed by atoms with Crippen molar-refractivity contribution < 1.29 is 0 Å². The smallest absolute Gasteiger partial charge is 0.0502 e. The molecule has 118 valence electrons. The molecule has 1 fully saturated rings. The third-order valence-corrected chi connectivity index (χ3v) is 5.16. The quantitative estimate of drug-likeness (QED) is 0.828. The summed E-state index contributed by atoms with van der Waals surface area (Å²) in [5, 5.41) is 4.62. The van der Waals surface area contributed by atoms with Gasteiger partial charge in [-0.2, -0.15) is 0 Å². The summed E-state index contributed by atoms with van der Waals surface area (Å²) in [7, 11) is 0. The zero-order valence-electron chi connectivity index (χ0n) is 13.9. The molecule has 0 bridgehead atoms. The lowest BCUT2D eigenvalue weighted by Crippen LogP contribution is -2.51. The normalized spacial score (nSPS) is 18.1. The Hall–Kier alpha value is -0.570. The average Bonchev–Trinajstić information content (AvgIpc) is 2.97. The third kappa shape index (κ3) is 3.80. The summed E-state index contributed by atoms with van der Waals surface area (Å²) in [6, 6.07) is 6.82. The van der Waals surface area contributed by atoms with E-state index in [0.717, 1.165) is 23.6 Å². The van der Waals surface area contributed by atoms with Crippen LogP contribution in [0.3, 0.4) is 0 Å². The Balaban J connectivity index is 2.29. The molecular formula is C18H29ClN2. The topological polar surface area (TPSA) is 15.3 Å². The van der Waals surface area contributed by atoms with E-state index in [1.165, 1.54) is 31.5 Å².